The first-order valence-electron chi connectivity index (χ1n) is 11.3. The molecule has 0 spiro atoms. The molecule has 7 rings (SSSR count). The molecule has 0 saturated heterocycles. The van der Waals surface area contributed by atoms with Crippen LogP contribution in [0.5, 0.6) is 0 Å². The van der Waals surface area contributed by atoms with Gasteiger partial charge in [-0.1, -0.05) is 78.2 Å². The fraction of sp³-hybridized carbons (Fsp3) is 0. The molecule has 7 heteroatoms. The molecule has 1 aliphatic rings. The normalized spacial score (nSPS) is 11.4. The maximum atomic E-state index is 10.3. The Labute approximate surface area is 228 Å². The van der Waals surface area contributed by atoms with Crippen molar-refractivity contribution in [2.75, 3.05) is 0 Å². The summed E-state index contributed by atoms with van der Waals surface area (Å²) in [6, 6.07) is 37.5. The molecule has 0 unspecified atom stereocenters. The van der Waals surface area contributed by atoms with Gasteiger partial charge in [-0.05, 0) is 46.1 Å². The number of hydrogen-bond acceptors (Lipinski definition) is 4. The fourth-order valence-corrected chi connectivity index (χ4v) is 5.12. The third kappa shape index (κ3) is 4.59. The molecule has 0 saturated carbocycles. The van der Waals surface area contributed by atoms with Crippen molar-refractivity contribution in [3.8, 4) is 33.5 Å². The first-order valence-corrected chi connectivity index (χ1v) is 12.8. The van der Waals surface area contributed by atoms with Crippen molar-refractivity contribution in [1.82, 2.24) is 9.97 Å². The molecule has 2 heterocycles. The number of rotatable bonds is 2. The largest absolute Gasteiger partial charge is 0.312 e. The van der Waals surface area contributed by atoms with Crippen LogP contribution in [0.3, 0.4) is 0 Å². The van der Waals surface area contributed by atoms with E-state index in [2.05, 4.69) is 89.9 Å². The van der Waals surface area contributed by atoms with Crippen LogP contribution in [0.25, 0.3) is 55.2 Å². The van der Waals surface area contributed by atoms with E-state index in [0.29, 0.717) is 0 Å². The molecular formula is C30H19IrN2O3S-. The van der Waals surface area contributed by atoms with E-state index >= 15 is 0 Å². The molecule has 6 aromatic rings. The second-order valence-electron chi connectivity index (χ2n) is 8.38. The summed E-state index contributed by atoms with van der Waals surface area (Å²) in [7, 11) is -4.11. The minimum Gasteiger partial charge on any atom is -0.296 e. The van der Waals surface area contributed by atoms with Gasteiger partial charge in [-0.15, -0.1) is 29.1 Å². The Hall–Kier alpha value is -3.74. The van der Waals surface area contributed by atoms with Gasteiger partial charge in [0.05, 0.1) is 5.52 Å². The van der Waals surface area contributed by atoms with Crippen LogP contribution in [0, 0.1) is 6.07 Å². The molecule has 1 N–H and O–H groups in total. The summed E-state index contributed by atoms with van der Waals surface area (Å²) in [5.74, 6) is 0. The molecule has 0 bridgehead atoms. The zero-order valence-corrected chi connectivity index (χ0v) is 22.5. The summed E-state index contributed by atoms with van der Waals surface area (Å²) in [6.07, 6.45) is 1.29. The number of fused-ring (bicyclic) bond motifs is 4. The summed E-state index contributed by atoms with van der Waals surface area (Å²) in [5, 5.41) is 3.35. The fourth-order valence-electron chi connectivity index (χ4n) is 4.68. The van der Waals surface area contributed by atoms with Crippen LogP contribution < -0.4 is 0 Å². The van der Waals surface area contributed by atoms with Gasteiger partial charge in [0.1, 0.15) is 0 Å². The van der Waals surface area contributed by atoms with E-state index in [1.807, 2.05) is 6.07 Å². The van der Waals surface area contributed by atoms with Crippen molar-refractivity contribution in [3.63, 3.8) is 0 Å². The quantitative estimate of drug-likeness (QED) is 0.160. The van der Waals surface area contributed by atoms with Gasteiger partial charge in [-0.2, -0.15) is 8.42 Å². The van der Waals surface area contributed by atoms with Crippen LogP contribution in [-0.4, -0.2) is 22.9 Å². The molecule has 0 atom stereocenters. The zero-order valence-electron chi connectivity index (χ0n) is 19.3. The monoisotopic (exact) mass is 680 g/mol. The van der Waals surface area contributed by atoms with Crippen LogP contribution >= 0.6 is 0 Å². The van der Waals surface area contributed by atoms with Crippen molar-refractivity contribution in [2.24, 2.45) is 0 Å². The smallest absolute Gasteiger partial charge is 0.296 e. The van der Waals surface area contributed by atoms with E-state index in [-0.39, 0.29) is 25.1 Å². The second-order valence-corrected chi connectivity index (χ2v) is 9.75. The number of hydrogen-bond donors (Lipinski definition) is 1. The van der Waals surface area contributed by atoms with Gasteiger partial charge in [0.15, 0.2) is 5.03 Å². The average molecular weight is 680 g/mol. The Bertz CT molecular complexity index is 1870. The molecule has 0 amide bonds. The number of pyridine rings is 2. The molecule has 37 heavy (non-hydrogen) atoms. The van der Waals surface area contributed by atoms with E-state index < -0.39 is 10.1 Å². The van der Waals surface area contributed by atoms with Gasteiger partial charge in [-0.25, -0.2) is 4.98 Å². The van der Waals surface area contributed by atoms with Gasteiger partial charge in [-0.3, -0.25) is 9.54 Å². The summed E-state index contributed by atoms with van der Waals surface area (Å²) in [5.41, 5.74) is 8.25. The molecular weight excluding hydrogens is 661 g/mol. The van der Waals surface area contributed by atoms with Crippen LogP contribution in [0.2, 0.25) is 0 Å². The van der Waals surface area contributed by atoms with Crippen LogP contribution in [0.4, 0.5) is 0 Å². The molecule has 5 nitrogen and oxygen atoms in total. The van der Waals surface area contributed by atoms with E-state index in [0.717, 1.165) is 16.8 Å². The van der Waals surface area contributed by atoms with Crippen molar-refractivity contribution < 1.29 is 33.1 Å². The summed E-state index contributed by atoms with van der Waals surface area (Å²) in [4.78, 5) is 8.42. The Balaban J connectivity index is 0.000000218. The van der Waals surface area contributed by atoms with E-state index in [1.54, 1.807) is 6.07 Å². The topological polar surface area (TPSA) is 80.2 Å². The van der Waals surface area contributed by atoms with Crippen molar-refractivity contribution in [2.45, 2.75) is 5.03 Å². The zero-order chi connectivity index (χ0) is 24.7. The van der Waals surface area contributed by atoms with Crippen molar-refractivity contribution >= 4 is 31.8 Å². The molecule has 1 radical (unpaired) electrons. The predicted octanol–water partition coefficient (Wildman–Crippen LogP) is 6.83. The SMILES string of the molecule is O=S(=O)(O)c1ccccn1.[Ir].[c-]1ccc2ccccc2c1-c1cc2c3c(cccc3n1)-c1ccccc1-2. The second kappa shape index (κ2) is 9.96. The summed E-state index contributed by atoms with van der Waals surface area (Å²) >= 11 is 0. The maximum Gasteiger partial charge on any atom is 0.312 e. The number of nitrogens with zero attached hydrogens (tertiary/aromatic N) is 2. The first kappa shape index (κ1) is 24.9. The van der Waals surface area contributed by atoms with Gasteiger partial charge < -0.3 is 0 Å². The Morgan fingerprint density at radius 2 is 1.43 bits per heavy atom. The van der Waals surface area contributed by atoms with Crippen LogP contribution in [-0.2, 0) is 30.2 Å². The molecule has 2 aromatic heterocycles. The van der Waals surface area contributed by atoms with E-state index in [4.69, 9.17) is 9.54 Å². The standard InChI is InChI=1S/C25H14N.C5H5NO3S.Ir/c1-2-9-17-16(7-1)8-5-12-20(17)24-15-22-19-11-4-3-10-18(19)21-13-6-14-23(26-24)25(21)22;7-10(8,9)5-3-1-2-4-6-5;/h1-11,13-15H;1-4H,(H,7,8,9);/q-1;;. The van der Waals surface area contributed by atoms with Crippen molar-refractivity contribution in [1.29, 1.82) is 0 Å². The molecule has 4 aromatic carbocycles. The third-order valence-electron chi connectivity index (χ3n) is 6.22. The average Bonchev–Trinajstić information content (AvgIpc) is 3.24. The van der Waals surface area contributed by atoms with Gasteiger partial charge in [0.25, 0.3) is 0 Å². The first-order chi connectivity index (χ1) is 17.5. The maximum absolute atomic E-state index is 10.3. The van der Waals surface area contributed by atoms with Crippen LogP contribution in [0.15, 0.2) is 114 Å². The van der Waals surface area contributed by atoms with Gasteiger partial charge >= 0.3 is 10.1 Å². The number of benzene rings is 4. The van der Waals surface area contributed by atoms with Crippen LogP contribution in [0.1, 0.15) is 0 Å². The number of aromatic nitrogens is 2. The van der Waals surface area contributed by atoms with E-state index in [9.17, 15) is 8.42 Å². The predicted molar refractivity (Wildman–Crippen MR) is 142 cm³/mol. The van der Waals surface area contributed by atoms with E-state index in [1.165, 1.54) is 56.7 Å². The molecule has 0 aliphatic heterocycles. The Kier molecular flexibility index (Phi) is 6.71. The van der Waals surface area contributed by atoms with Gasteiger partial charge in [0.2, 0.25) is 0 Å². The van der Waals surface area contributed by atoms with Gasteiger partial charge in [0, 0.05) is 31.7 Å². The third-order valence-corrected chi connectivity index (χ3v) is 6.99. The summed E-state index contributed by atoms with van der Waals surface area (Å²) in [6.45, 7) is 0. The molecule has 0 fully saturated rings. The minimum atomic E-state index is -4.11. The molecule has 183 valence electrons. The molecule has 1 aliphatic carbocycles. The summed E-state index contributed by atoms with van der Waals surface area (Å²) < 4.78 is 29.1. The Morgan fingerprint density at radius 1 is 0.730 bits per heavy atom. The minimum absolute atomic E-state index is 0. The Morgan fingerprint density at radius 3 is 2.16 bits per heavy atom. The van der Waals surface area contributed by atoms with Crippen molar-refractivity contribution in [3.05, 3.63) is 115 Å².